The van der Waals surface area contributed by atoms with Crippen LogP contribution in [0, 0.1) is 13.8 Å². The van der Waals surface area contributed by atoms with Gasteiger partial charge in [0, 0.05) is 11.4 Å². The highest BCUT2D eigenvalue weighted by molar-refractivity contribution is 7.92. The molecular formula is C11H14N4O2S. The number of H-pyrrole nitrogens is 1. The Morgan fingerprint density at radius 3 is 2.61 bits per heavy atom. The minimum Gasteiger partial charge on any atom is -0.399 e. The summed E-state index contributed by atoms with van der Waals surface area (Å²) in [4.78, 5) is 6.54. The minimum absolute atomic E-state index is 0.0366. The van der Waals surface area contributed by atoms with Gasteiger partial charge in [0.05, 0.1) is 6.20 Å². The molecule has 0 unspecified atom stereocenters. The highest BCUT2D eigenvalue weighted by atomic mass is 32.2. The molecule has 0 amide bonds. The van der Waals surface area contributed by atoms with Crippen molar-refractivity contribution < 1.29 is 8.42 Å². The molecule has 0 fully saturated rings. The maximum atomic E-state index is 12.0. The second kappa shape index (κ2) is 4.34. The predicted octanol–water partition coefficient (Wildman–Crippen LogP) is 1.41. The van der Waals surface area contributed by atoms with Gasteiger partial charge < -0.3 is 10.7 Å². The van der Waals surface area contributed by atoms with E-state index in [0.29, 0.717) is 17.2 Å². The number of aryl methyl sites for hydroxylation is 2. The molecule has 2 rings (SSSR count). The quantitative estimate of drug-likeness (QED) is 0.731. The van der Waals surface area contributed by atoms with Gasteiger partial charge in [-0.3, -0.25) is 4.72 Å². The van der Waals surface area contributed by atoms with Crippen LogP contribution in [0.25, 0.3) is 0 Å². The van der Waals surface area contributed by atoms with E-state index in [9.17, 15) is 8.42 Å². The Balaban J connectivity index is 2.30. The lowest BCUT2D eigenvalue weighted by Gasteiger charge is -2.08. The van der Waals surface area contributed by atoms with E-state index in [2.05, 4.69) is 14.7 Å². The third-order valence-corrected chi connectivity index (χ3v) is 3.78. The van der Waals surface area contributed by atoms with Crippen molar-refractivity contribution in [3.8, 4) is 0 Å². The molecule has 0 aliphatic heterocycles. The van der Waals surface area contributed by atoms with Crippen molar-refractivity contribution in [1.82, 2.24) is 9.97 Å². The van der Waals surface area contributed by atoms with E-state index in [0.717, 1.165) is 5.56 Å². The van der Waals surface area contributed by atoms with E-state index in [1.165, 1.54) is 6.20 Å². The number of nitrogen functional groups attached to an aromatic ring is 1. The molecule has 1 heterocycles. The third kappa shape index (κ3) is 2.45. The zero-order valence-corrected chi connectivity index (χ0v) is 10.9. The molecule has 0 radical (unpaired) electrons. The van der Waals surface area contributed by atoms with Crippen LogP contribution in [0.3, 0.4) is 0 Å². The largest absolute Gasteiger partial charge is 0.399 e. The molecular weight excluding hydrogens is 252 g/mol. The topological polar surface area (TPSA) is 101 Å². The first-order chi connectivity index (χ1) is 8.38. The van der Waals surface area contributed by atoms with Gasteiger partial charge >= 0.3 is 0 Å². The van der Waals surface area contributed by atoms with E-state index in [-0.39, 0.29) is 5.03 Å². The number of nitrogens with zero attached hydrogens (tertiary/aromatic N) is 1. The number of hydrogen-bond acceptors (Lipinski definition) is 4. The zero-order chi connectivity index (χ0) is 13.3. The van der Waals surface area contributed by atoms with Crippen LogP contribution in [0.15, 0.2) is 29.4 Å². The number of aromatic amines is 1. The number of imidazole rings is 1. The summed E-state index contributed by atoms with van der Waals surface area (Å²) in [5.41, 5.74) is 7.58. The molecule has 4 N–H and O–H groups in total. The number of nitrogens with one attached hydrogen (secondary N) is 2. The SMILES string of the molecule is Cc1ncc(S(=O)(=O)Nc2ccc(N)c(C)c2)[nH]1. The summed E-state index contributed by atoms with van der Waals surface area (Å²) >= 11 is 0. The van der Waals surface area contributed by atoms with E-state index >= 15 is 0 Å². The van der Waals surface area contributed by atoms with Crippen LogP contribution in [-0.2, 0) is 10.0 Å². The molecule has 0 bridgehead atoms. The Kier molecular flexibility index (Phi) is 3.00. The summed E-state index contributed by atoms with van der Waals surface area (Å²) in [5.74, 6) is 0.545. The lowest BCUT2D eigenvalue weighted by Crippen LogP contribution is -2.13. The summed E-state index contributed by atoms with van der Waals surface area (Å²) in [7, 11) is -3.63. The predicted molar refractivity (Wildman–Crippen MR) is 69.7 cm³/mol. The van der Waals surface area contributed by atoms with E-state index < -0.39 is 10.0 Å². The number of rotatable bonds is 3. The number of hydrogen-bond donors (Lipinski definition) is 3. The molecule has 18 heavy (non-hydrogen) atoms. The number of anilines is 2. The van der Waals surface area contributed by atoms with Gasteiger partial charge in [0.15, 0.2) is 5.03 Å². The van der Waals surface area contributed by atoms with E-state index in [1.807, 2.05) is 6.92 Å². The first-order valence-corrected chi connectivity index (χ1v) is 6.77. The fraction of sp³-hybridized carbons (Fsp3) is 0.182. The fourth-order valence-electron chi connectivity index (χ4n) is 1.48. The van der Waals surface area contributed by atoms with Crippen molar-refractivity contribution in [2.75, 3.05) is 10.5 Å². The number of sulfonamides is 1. The molecule has 2 aromatic rings. The second-order valence-corrected chi connectivity index (χ2v) is 5.66. The van der Waals surface area contributed by atoms with E-state index in [4.69, 9.17) is 5.73 Å². The summed E-state index contributed by atoms with van der Waals surface area (Å²) < 4.78 is 26.5. The fourth-order valence-corrected chi connectivity index (χ4v) is 2.50. The maximum absolute atomic E-state index is 12.0. The van der Waals surface area contributed by atoms with Gasteiger partial charge in [-0.25, -0.2) is 4.98 Å². The standard InChI is InChI=1S/C11H14N4O2S/c1-7-5-9(3-4-10(7)12)15-18(16,17)11-6-13-8(2)14-11/h3-6,15H,12H2,1-2H3,(H,13,14). The molecule has 0 saturated carbocycles. The molecule has 1 aromatic carbocycles. The first kappa shape index (κ1) is 12.4. The van der Waals surface area contributed by atoms with Crippen molar-refractivity contribution >= 4 is 21.4 Å². The van der Waals surface area contributed by atoms with Crippen LogP contribution in [0.2, 0.25) is 0 Å². The van der Waals surface area contributed by atoms with Gasteiger partial charge in [0.25, 0.3) is 10.0 Å². The van der Waals surface area contributed by atoms with Crippen molar-refractivity contribution in [1.29, 1.82) is 0 Å². The molecule has 6 nitrogen and oxygen atoms in total. The molecule has 0 atom stereocenters. The Bertz CT molecular complexity index is 676. The van der Waals surface area contributed by atoms with Crippen LogP contribution < -0.4 is 10.5 Å². The lowest BCUT2D eigenvalue weighted by atomic mass is 10.2. The molecule has 0 aliphatic carbocycles. The summed E-state index contributed by atoms with van der Waals surface area (Å²) in [6, 6.07) is 4.95. The van der Waals surface area contributed by atoms with Gasteiger partial charge in [0.2, 0.25) is 0 Å². The average Bonchev–Trinajstić information content (AvgIpc) is 2.71. The Hall–Kier alpha value is -2.02. The van der Waals surface area contributed by atoms with Gasteiger partial charge in [-0.1, -0.05) is 0 Å². The number of nitrogens with two attached hydrogens (primary N) is 1. The average molecular weight is 266 g/mol. The lowest BCUT2D eigenvalue weighted by molar-refractivity contribution is 0.598. The van der Waals surface area contributed by atoms with Gasteiger partial charge in [-0.2, -0.15) is 8.42 Å². The third-order valence-electron chi connectivity index (χ3n) is 2.49. The molecule has 0 saturated heterocycles. The van der Waals surface area contributed by atoms with Gasteiger partial charge in [0.1, 0.15) is 5.82 Å². The summed E-state index contributed by atoms with van der Waals surface area (Å²) in [5, 5.41) is 0.0366. The maximum Gasteiger partial charge on any atom is 0.278 e. The summed E-state index contributed by atoms with van der Waals surface area (Å²) in [6.07, 6.45) is 1.28. The van der Waals surface area contributed by atoms with E-state index in [1.54, 1.807) is 25.1 Å². The van der Waals surface area contributed by atoms with Gasteiger partial charge in [-0.05, 0) is 37.6 Å². The van der Waals surface area contributed by atoms with Crippen LogP contribution in [-0.4, -0.2) is 18.4 Å². The Labute approximate surface area is 105 Å². The highest BCUT2D eigenvalue weighted by Crippen LogP contribution is 2.19. The number of benzene rings is 1. The van der Waals surface area contributed by atoms with Crippen molar-refractivity contribution in [2.24, 2.45) is 0 Å². The Morgan fingerprint density at radius 2 is 2.06 bits per heavy atom. The van der Waals surface area contributed by atoms with Gasteiger partial charge in [-0.15, -0.1) is 0 Å². The Morgan fingerprint density at radius 1 is 1.33 bits per heavy atom. The van der Waals surface area contributed by atoms with Crippen LogP contribution in [0.4, 0.5) is 11.4 Å². The first-order valence-electron chi connectivity index (χ1n) is 5.29. The molecule has 0 spiro atoms. The van der Waals surface area contributed by atoms with Crippen LogP contribution in [0.1, 0.15) is 11.4 Å². The smallest absolute Gasteiger partial charge is 0.278 e. The summed E-state index contributed by atoms with van der Waals surface area (Å²) in [6.45, 7) is 3.50. The molecule has 96 valence electrons. The normalized spacial score (nSPS) is 11.4. The van der Waals surface area contributed by atoms with Crippen molar-refractivity contribution in [3.05, 3.63) is 35.8 Å². The van der Waals surface area contributed by atoms with Crippen LogP contribution >= 0.6 is 0 Å². The number of aromatic nitrogens is 2. The minimum atomic E-state index is -3.63. The monoisotopic (exact) mass is 266 g/mol. The molecule has 1 aromatic heterocycles. The highest BCUT2D eigenvalue weighted by Gasteiger charge is 2.16. The molecule has 0 aliphatic rings. The second-order valence-electron chi connectivity index (χ2n) is 4.01. The molecule has 7 heteroatoms. The van der Waals surface area contributed by atoms with Crippen molar-refractivity contribution in [3.63, 3.8) is 0 Å². The van der Waals surface area contributed by atoms with Crippen LogP contribution in [0.5, 0.6) is 0 Å². The van der Waals surface area contributed by atoms with Crippen molar-refractivity contribution in [2.45, 2.75) is 18.9 Å². The zero-order valence-electron chi connectivity index (χ0n) is 10.1.